The van der Waals surface area contributed by atoms with Gasteiger partial charge in [-0.05, 0) is 37.8 Å². The summed E-state index contributed by atoms with van der Waals surface area (Å²) in [5.74, 6) is 0.623. The number of nitrogens with zero attached hydrogens (tertiary/aromatic N) is 2. The molecule has 0 bridgehead atoms. The fourth-order valence-electron chi connectivity index (χ4n) is 2.80. The molecular weight excluding hydrogens is 326 g/mol. The number of nitrogens with one attached hydrogen (secondary N) is 1. The Bertz CT molecular complexity index is 719. The molecule has 1 aliphatic carbocycles. The lowest BCUT2D eigenvalue weighted by molar-refractivity contribution is 0.175. The molecule has 3 rings (SSSR count). The number of sulfonamides is 1. The third-order valence-corrected chi connectivity index (χ3v) is 6.46. The highest BCUT2D eigenvalue weighted by Gasteiger charge is 2.30. The number of carbonyl (C=O) groups is 1. The van der Waals surface area contributed by atoms with E-state index in [0.717, 1.165) is 0 Å². The highest BCUT2D eigenvalue weighted by atomic mass is 32.2. The van der Waals surface area contributed by atoms with Gasteiger partial charge >= 0.3 is 6.03 Å². The second-order valence-electron chi connectivity index (χ2n) is 6.32. The summed E-state index contributed by atoms with van der Waals surface area (Å²) in [7, 11) is -3.48. The second-order valence-corrected chi connectivity index (χ2v) is 8.25. The molecule has 1 aliphatic heterocycles. The number of amides is 2. The molecule has 1 heterocycles. The minimum absolute atomic E-state index is 0.160. The van der Waals surface area contributed by atoms with Crippen molar-refractivity contribution in [2.75, 3.05) is 26.2 Å². The molecule has 130 valence electrons. The Morgan fingerprint density at radius 2 is 1.75 bits per heavy atom. The third-order valence-electron chi connectivity index (χ3n) is 4.55. The summed E-state index contributed by atoms with van der Waals surface area (Å²) < 4.78 is 26.6. The fraction of sp³-hybridized carbons (Fsp3) is 0.471. The summed E-state index contributed by atoms with van der Waals surface area (Å²) in [5, 5.41) is 2.82. The molecule has 7 heteroatoms. The highest BCUT2D eigenvalue weighted by Crippen LogP contribution is 2.35. The van der Waals surface area contributed by atoms with Crippen molar-refractivity contribution in [2.24, 2.45) is 5.92 Å². The van der Waals surface area contributed by atoms with Gasteiger partial charge in [0.2, 0.25) is 10.0 Å². The first-order valence-electron chi connectivity index (χ1n) is 8.26. The van der Waals surface area contributed by atoms with Crippen LogP contribution in [0.1, 0.15) is 19.8 Å². The summed E-state index contributed by atoms with van der Waals surface area (Å²) >= 11 is 0. The van der Waals surface area contributed by atoms with Crippen LogP contribution < -0.4 is 5.32 Å². The standard InChI is InChI=1S/C17H23N3O3S/c1-14(15-7-8-15)13-18-17(21)19-9-11-20(12-10-19)24(22,23)16-5-3-2-4-6-16/h2-6,13,15H,7-12H2,1H3,(H,18,21)/b14-13+. The lowest BCUT2D eigenvalue weighted by Crippen LogP contribution is -2.52. The molecule has 2 fully saturated rings. The average Bonchev–Trinajstić information content (AvgIpc) is 3.45. The maximum Gasteiger partial charge on any atom is 0.321 e. The molecule has 2 amide bonds. The molecule has 0 unspecified atom stereocenters. The van der Waals surface area contributed by atoms with E-state index >= 15 is 0 Å². The van der Waals surface area contributed by atoms with Crippen LogP contribution in [-0.4, -0.2) is 49.8 Å². The number of hydrogen-bond donors (Lipinski definition) is 1. The van der Waals surface area contributed by atoms with Crippen molar-refractivity contribution < 1.29 is 13.2 Å². The van der Waals surface area contributed by atoms with Crippen LogP contribution in [0.2, 0.25) is 0 Å². The van der Waals surface area contributed by atoms with Gasteiger partial charge in [-0.15, -0.1) is 0 Å². The first kappa shape index (κ1) is 17.0. The van der Waals surface area contributed by atoms with Gasteiger partial charge in [-0.25, -0.2) is 13.2 Å². The second kappa shape index (κ2) is 6.94. The summed E-state index contributed by atoms with van der Waals surface area (Å²) in [4.78, 5) is 14.1. The van der Waals surface area contributed by atoms with Crippen LogP contribution in [0.3, 0.4) is 0 Å². The number of benzene rings is 1. The highest BCUT2D eigenvalue weighted by molar-refractivity contribution is 7.89. The molecular formula is C17H23N3O3S. The fourth-order valence-corrected chi connectivity index (χ4v) is 4.24. The van der Waals surface area contributed by atoms with Crippen LogP contribution in [0.15, 0.2) is 47.0 Å². The van der Waals surface area contributed by atoms with Crippen LogP contribution in [0.25, 0.3) is 0 Å². The first-order valence-corrected chi connectivity index (χ1v) is 9.70. The minimum atomic E-state index is -3.48. The van der Waals surface area contributed by atoms with E-state index in [1.165, 1.54) is 22.7 Å². The van der Waals surface area contributed by atoms with Gasteiger partial charge in [-0.1, -0.05) is 23.8 Å². The molecule has 1 N–H and O–H groups in total. The van der Waals surface area contributed by atoms with Crippen molar-refractivity contribution >= 4 is 16.1 Å². The maximum absolute atomic E-state index is 12.6. The SMILES string of the molecule is C/C(=C\NC(=O)N1CCN(S(=O)(=O)c2ccccc2)CC1)C1CC1. The van der Waals surface area contributed by atoms with Gasteiger partial charge in [-0.3, -0.25) is 0 Å². The van der Waals surface area contributed by atoms with Gasteiger partial charge in [0.15, 0.2) is 0 Å². The zero-order chi connectivity index (χ0) is 17.2. The average molecular weight is 349 g/mol. The number of hydrogen-bond acceptors (Lipinski definition) is 3. The summed E-state index contributed by atoms with van der Waals surface area (Å²) in [6, 6.07) is 8.25. The van der Waals surface area contributed by atoms with Gasteiger partial charge in [0.25, 0.3) is 0 Å². The Hall–Kier alpha value is -1.86. The van der Waals surface area contributed by atoms with Crippen LogP contribution >= 0.6 is 0 Å². The van der Waals surface area contributed by atoms with E-state index in [9.17, 15) is 13.2 Å². The van der Waals surface area contributed by atoms with Crippen molar-refractivity contribution in [2.45, 2.75) is 24.7 Å². The number of urea groups is 1. The van der Waals surface area contributed by atoms with Gasteiger partial charge in [0, 0.05) is 32.4 Å². The molecule has 1 aromatic rings. The molecule has 2 aliphatic rings. The van der Waals surface area contributed by atoms with Gasteiger partial charge in [-0.2, -0.15) is 4.31 Å². The normalized spacial score (nSPS) is 20.0. The van der Waals surface area contributed by atoms with Gasteiger partial charge in [0.05, 0.1) is 4.90 Å². The Morgan fingerprint density at radius 1 is 1.12 bits per heavy atom. The summed E-state index contributed by atoms with van der Waals surface area (Å²) in [6.07, 6.45) is 4.19. The Labute approximate surface area is 143 Å². The Morgan fingerprint density at radius 3 is 2.33 bits per heavy atom. The largest absolute Gasteiger partial charge is 0.322 e. The van der Waals surface area contributed by atoms with Crippen molar-refractivity contribution in [1.29, 1.82) is 0 Å². The van der Waals surface area contributed by atoms with Gasteiger partial charge < -0.3 is 10.2 Å². The lowest BCUT2D eigenvalue weighted by Gasteiger charge is -2.33. The van der Waals surface area contributed by atoms with Crippen LogP contribution in [0, 0.1) is 5.92 Å². The van der Waals surface area contributed by atoms with Crippen molar-refractivity contribution in [1.82, 2.24) is 14.5 Å². The van der Waals surface area contributed by atoms with E-state index in [2.05, 4.69) is 5.32 Å². The van der Waals surface area contributed by atoms with Crippen LogP contribution in [0.4, 0.5) is 4.79 Å². The molecule has 0 atom stereocenters. The monoisotopic (exact) mass is 349 g/mol. The zero-order valence-corrected chi connectivity index (χ0v) is 14.6. The van der Waals surface area contributed by atoms with E-state index in [-0.39, 0.29) is 6.03 Å². The van der Waals surface area contributed by atoms with Gasteiger partial charge in [0.1, 0.15) is 0 Å². The number of piperazine rings is 1. The molecule has 1 saturated heterocycles. The third kappa shape index (κ3) is 3.79. The molecule has 0 spiro atoms. The van der Waals surface area contributed by atoms with Crippen molar-refractivity contribution in [3.63, 3.8) is 0 Å². The maximum atomic E-state index is 12.6. The number of carbonyl (C=O) groups excluding carboxylic acids is 1. The van der Waals surface area contributed by atoms with E-state index in [1.54, 1.807) is 41.4 Å². The molecule has 6 nitrogen and oxygen atoms in total. The molecule has 24 heavy (non-hydrogen) atoms. The van der Waals surface area contributed by atoms with E-state index < -0.39 is 10.0 Å². The molecule has 0 radical (unpaired) electrons. The predicted octanol–water partition coefficient (Wildman–Crippen LogP) is 2.02. The van der Waals surface area contributed by atoms with E-state index in [0.29, 0.717) is 37.0 Å². The Balaban J connectivity index is 1.55. The predicted molar refractivity (Wildman–Crippen MR) is 91.8 cm³/mol. The van der Waals surface area contributed by atoms with E-state index in [4.69, 9.17) is 0 Å². The summed E-state index contributed by atoms with van der Waals surface area (Å²) in [5.41, 5.74) is 1.20. The molecule has 0 aromatic heterocycles. The van der Waals surface area contributed by atoms with Crippen molar-refractivity contribution in [3.05, 3.63) is 42.1 Å². The summed E-state index contributed by atoms with van der Waals surface area (Å²) in [6.45, 7) is 3.46. The van der Waals surface area contributed by atoms with E-state index in [1.807, 2.05) is 6.92 Å². The van der Waals surface area contributed by atoms with Crippen LogP contribution in [-0.2, 0) is 10.0 Å². The number of rotatable bonds is 4. The zero-order valence-electron chi connectivity index (χ0n) is 13.8. The minimum Gasteiger partial charge on any atom is -0.322 e. The molecule has 1 aromatic carbocycles. The number of allylic oxidation sites excluding steroid dienone is 1. The topological polar surface area (TPSA) is 69.7 Å². The lowest BCUT2D eigenvalue weighted by atomic mass is 10.2. The smallest absolute Gasteiger partial charge is 0.321 e. The van der Waals surface area contributed by atoms with Crippen molar-refractivity contribution in [3.8, 4) is 0 Å². The Kier molecular flexibility index (Phi) is 4.91. The quantitative estimate of drug-likeness (QED) is 0.904. The molecule has 1 saturated carbocycles. The first-order chi connectivity index (χ1) is 11.5. The van der Waals surface area contributed by atoms with Crippen LogP contribution in [0.5, 0.6) is 0 Å².